The Morgan fingerprint density at radius 1 is 0.741 bits per heavy atom. The van der Waals surface area contributed by atoms with Crippen LogP contribution in [0.4, 0.5) is 0 Å². The molecule has 6 heteroatoms. The largest absolute Gasteiger partial charge is 0.368 e. The molecular weight excluding hydrogens is 348 g/mol. The molecule has 0 aromatic heterocycles. The first-order valence-electron chi connectivity index (χ1n) is 10.0. The van der Waals surface area contributed by atoms with Gasteiger partial charge in [-0.05, 0) is 26.2 Å². The molecule has 6 nitrogen and oxygen atoms in total. The zero-order valence-corrected chi connectivity index (χ0v) is 19.7. The maximum absolute atomic E-state index is 9.16. The second kappa shape index (κ2) is 16.7. The minimum Gasteiger partial charge on any atom is -0.368 e. The Hall–Kier alpha value is -0.240. The Bertz CT molecular complexity index is 298. The molecule has 0 aromatic rings. The van der Waals surface area contributed by atoms with Crippen molar-refractivity contribution >= 4 is 0 Å². The number of hydrogen-bond donors (Lipinski definition) is 3. The van der Waals surface area contributed by atoms with Crippen molar-refractivity contribution in [1.82, 2.24) is 0 Å². The summed E-state index contributed by atoms with van der Waals surface area (Å²) in [5.74, 6) is 0.255. The topological polar surface area (TPSA) is 88.4 Å². The molecule has 0 aliphatic heterocycles. The van der Waals surface area contributed by atoms with Crippen LogP contribution in [0.15, 0.2) is 0 Å². The SMILES string of the molecule is CCC(C)(C)C(O)OC.CCC(C)(C)C(O)OC.CCOC(O)C(C)CC. The van der Waals surface area contributed by atoms with Crippen molar-refractivity contribution in [3.63, 3.8) is 0 Å². The van der Waals surface area contributed by atoms with Crippen LogP contribution >= 0.6 is 0 Å². The van der Waals surface area contributed by atoms with Crippen molar-refractivity contribution in [3.05, 3.63) is 0 Å². The first-order chi connectivity index (χ1) is 12.3. The molecule has 3 N–H and O–H groups in total. The van der Waals surface area contributed by atoms with Gasteiger partial charge in [0.25, 0.3) is 0 Å². The van der Waals surface area contributed by atoms with Gasteiger partial charge in [0, 0.05) is 37.6 Å². The number of methoxy groups -OCH3 is 2. The third-order valence-electron chi connectivity index (χ3n) is 5.07. The molecule has 168 valence electrons. The van der Waals surface area contributed by atoms with Gasteiger partial charge in [-0.3, -0.25) is 0 Å². The van der Waals surface area contributed by atoms with Gasteiger partial charge >= 0.3 is 0 Å². The van der Waals surface area contributed by atoms with Crippen molar-refractivity contribution in [2.75, 3.05) is 20.8 Å². The standard InChI is InChI=1S/3C7H16O2/c2*1-5-7(2,3)6(8)9-4;1-4-6(3)7(8)9-5-2/h2*6,8H,5H2,1-4H3;6-8H,4-5H2,1-3H3. The molecule has 0 amide bonds. The first-order valence-corrected chi connectivity index (χ1v) is 10.0. The van der Waals surface area contributed by atoms with Gasteiger partial charge in [0.15, 0.2) is 18.9 Å². The Morgan fingerprint density at radius 3 is 1.22 bits per heavy atom. The molecule has 0 bridgehead atoms. The summed E-state index contributed by atoms with van der Waals surface area (Å²) in [6, 6.07) is 0. The van der Waals surface area contributed by atoms with E-state index in [9.17, 15) is 0 Å². The Morgan fingerprint density at radius 2 is 1.07 bits per heavy atom. The molecule has 0 aliphatic rings. The maximum Gasteiger partial charge on any atom is 0.159 e. The predicted molar refractivity (Wildman–Crippen MR) is 111 cm³/mol. The van der Waals surface area contributed by atoms with E-state index in [0.29, 0.717) is 6.61 Å². The van der Waals surface area contributed by atoms with Crippen LogP contribution in [0.1, 0.15) is 81.6 Å². The number of hydrogen-bond acceptors (Lipinski definition) is 6. The highest BCUT2D eigenvalue weighted by Crippen LogP contribution is 2.25. The van der Waals surface area contributed by atoms with Gasteiger partial charge in [0.05, 0.1) is 0 Å². The zero-order valence-electron chi connectivity index (χ0n) is 19.7. The summed E-state index contributed by atoms with van der Waals surface area (Å²) in [5.41, 5.74) is -0.233. The lowest BCUT2D eigenvalue weighted by Crippen LogP contribution is -2.29. The van der Waals surface area contributed by atoms with Crippen LogP contribution in [0.25, 0.3) is 0 Å². The Kier molecular flexibility index (Phi) is 19.4. The summed E-state index contributed by atoms with van der Waals surface area (Å²) in [6.45, 7) is 18.4. The van der Waals surface area contributed by atoms with E-state index < -0.39 is 18.9 Å². The fourth-order valence-electron chi connectivity index (χ4n) is 1.52. The fraction of sp³-hybridized carbons (Fsp3) is 1.00. The molecule has 4 unspecified atom stereocenters. The van der Waals surface area contributed by atoms with Gasteiger partial charge < -0.3 is 29.5 Å². The number of aliphatic hydroxyl groups is 3. The van der Waals surface area contributed by atoms with Crippen molar-refractivity contribution in [3.8, 4) is 0 Å². The number of rotatable bonds is 10. The molecule has 4 atom stereocenters. The van der Waals surface area contributed by atoms with Gasteiger partial charge in [-0.25, -0.2) is 0 Å². The normalized spacial score (nSPS) is 16.2. The third-order valence-corrected chi connectivity index (χ3v) is 5.07. The van der Waals surface area contributed by atoms with Gasteiger partial charge in [-0.1, -0.05) is 55.4 Å². The summed E-state index contributed by atoms with van der Waals surface area (Å²) < 4.78 is 14.5. The maximum atomic E-state index is 9.16. The molecule has 0 aromatic carbocycles. The highest BCUT2D eigenvalue weighted by atomic mass is 16.6. The van der Waals surface area contributed by atoms with E-state index in [1.807, 2.05) is 62.3 Å². The summed E-state index contributed by atoms with van der Waals surface area (Å²) in [6.07, 6.45) is 0.954. The van der Waals surface area contributed by atoms with Crippen molar-refractivity contribution < 1.29 is 29.5 Å². The lowest BCUT2D eigenvalue weighted by molar-refractivity contribution is -0.146. The summed E-state index contributed by atoms with van der Waals surface area (Å²) >= 11 is 0. The van der Waals surface area contributed by atoms with Crippen LogP contribution in [0.5, 0.6) is 0 Å². The molecule has 0 heterocycles. The lowest BCUT2D eigenvalue weighted by atomic mass is 9.90. The average Bonchev–Trinajstić information content (AvgIpc) is 2.66. The lowest BCUT2D eigenvalue weighted by Gasteiger charge is -2.27. The van der Waals surface area contributed by atoms with Crippen molar-refractivity contribution in [2.24, 2.45) is 16.7 Å². The molecule has 0 radical (unpaired) electrons. The monoisotopic (exact) mass is 396 g/mol. The molecule has 0 spiro atoms. The predicted octanol–water partition coefficient (Wildman–Crippen LogP) is 4.16. The number of aliphatic hydroxyl groups excluding tert-OH is 3. The second-order valence-corrected chi connectivity index (χ2v) is 8.09. The van der Waals surface area contributed by atoms with E-state index in [4.69, 9.17) is 29.5 Å². The van der Waals surface area contributed by atoms with Crippen LogP contribution < -0.4 is 0 Å². The molecule has 0 rings (SSSR count). The summed E-state index contributed by atoms with van der Waals surface area (Å²) in [4.78, 5) is 0. The van der Waals surface area contributed by atoms with E-state index >= 15 is 0 Å². The van der Waals surface area contributed by atoms with Crippen LogP contribution in [0.3, 0.4) is 0 Å². The molecule has 27 heavy (non-hydrogen) atoms. The van der Waals surface area contributed by atoms with E-state index in [-0.39, 0.29) is 16.7 Å². The van der Waals surface area contributed by atoms with E-state index in [1.54, 1.807) is 0 Å². The minimum atomic E-state index is -0.637. The highest BCUT2D eigenvalue weighted by Gasteiger charge is 2.25. The van der Waals surface area contributed by atoms with Crippen LogP contribution in [-0.2, 0) is 14.2 Å². The van der Waals surface area contributed by atoms with Gasteiger partial charge in [0.2, 0.25) is 0 Å². The smallest absolute Gasteiger partial charge is 0.159 e. The Labute approximate surface area is 168 Å². The van der Waals surface area contributed by atoms with Crippen LogP contribution in [-0.4, -0.2) is 55.0 Å². The van der Waals surface area contributed by atoms with Gasteiger partial charge in [-0.2, -0.15) is 0 Å². The van der Waals surface area contributed by atoms with E-state index in [2.05, 4.69) is 0 Å². The van der Waals surface area contributed by atoms with E-state index in [1.165, 1.54) is 14.2 Å². The molecule has 0 aliphatic carbocycles. The van der Waals surface area contributed by atoms with Gasteiger partial charge in [-0.15, -0.1) is 0 Å². The minimum absolute atomic E-state index is 0.116. The third kappa shape index (κ3) is 15.4. The summed E-state index contributed by atoms with van der Waals surface area (Å²) in [7, 11) is 3.03. The van der Waals surface area contributed by atoms with Crippen LogP contribution in [0.2, 0.25) is 0 Å². The Balaban J connectivity index is -0.000000320. The molecular formula is C21H48O6. The average molecular weight is 397 g/mol. The van der Waals surface area contributed by atoms with Crippen molar-refractivity contribution in [1.29, 1.82) is 0 Å². The highest BCUT2D eigenvalue weighted by molar-refractivity contribution is 4.69. The molecule has 0 fully saturated rings. The first kappa shape index (κ1) is 31.5. The quantitative estimate of drug-likeness (QED) is 0.481. The molecule has 0 saturated heterocycles. The van der Waals surface area contributed by atoms with Crippen LogP contribution in [0, 0.1) is 16.7 Å². The van der Waals surface area contributed by atoms with Crippen molar-refractivity contribution in [2.45, 2.75) is 100 Å². The molecule has 0 saturated carbocycles. The zero-order chi connectivity index (χ0) is 22.3. The second-order valence-electron chi connectivity index (χ2n) is 8.09. The van der Waals surface area contributed by atoms with E-state index in [0.717, 1.165) is 19.3 Å². The van der Waals surface area contributed by atoms with Gasteiger partial charge in [0.1, 0.15) is 0 Å². The summed E-state index contributed by atoms with van der Waals surface area (Å²) in [5, 5.41) is 27.4. The fourth-order valence-corrected chi connectivity index (χ4v) is 1.52. The number of ether oxygens (including phenoxy) is 3.